The molecular weight excluding hydrogens is 226 g/mol. The second-order valence-electron chi connectivity index (χ2n) is 4.80. The lowest BCUT2D eigenvalue weighted by molar-refractivity contribution is 0.0988. The molecule has 1 unspecified atom stereocenters. The van der Waals surface area contributed by atoms with E-state index in [1.54, 1.807) is 0 Å². The fraction of sp³-hybridized carbons (Fsp3) is 0.643. The lowest BCUT2D eigenvalue weighted by Crippen LogP contribution is -2.44. The van der Waals surface area contributed by atoms with Gasteiger partial charge in [0.1, 0.15) is 0 Å². The van der Waals surface area contributed by atoms with E-state index >= 15 is 0 Å². The van der Waals surface area contributed by atoms with Crippen molar-refractivity contribution in [2.75, 3.05) is 31.2 Å². The first kappa shape index (κ1) is 13.3. The van der Waals surface area contributed by atoms with Crippen LogP contribution < -0.4 is 10.2 Å². The predicted molar refractivity (Wildman–Crippen MR) is 73.9 cm³/mol. The molecular formula is C14H23N3O. The van der Waals surface area contributed by atoms with Gasteiger partial charge < -0.3 is 15.0 Å². The first-order valence-electron chi connectivity index (χ1n) is 6.81. The summed E-state index contributed by atoms with van der Waals surface area (Å²) in [5.74, 6) is 0. The van der Waals surface area contributed by atoms with Gasteiger partial charge in [-0.05, 0) is 26.0 Å². The molecule has 1 N–H and O–H groups in total. The highest BCUT2D eigenvalue weighted by molar-refractivity contribution is 5.53. The minimum absolute atomic E-state index is 0.436. The Morgan fingerprint density at radius 2 is 2.44 bits per heavy atom. The molecule has 1 aliphatic rings. The maximum Gasteiger partial charge on any atom is 0.0668 e. The van der Waals surface area contributed by atoms with Crippen molar-refractivity contribution in [1.82, 2.24) is 10.3 Å². The number of nitrogens with one attached hydrogen (secondary N) is 1. The van der Waals surface area contributed by atoms with Crippen molar-refractivity contribution in [3.8, 4) is 0 Å². The Bertz CT molecular complexity index is 370. The Hall–Kier alpha value is -1.13. The van der Waals surface area contributed by atoms with Crippen molar-refractivity contribution in [1.29, 1.82) is 0 Å². The molecule has 0 aromatic carbocycles. The van der Waals surface area contributed by atoms with Gasteiger partial charge in [0.05, 0.1) is 13.2 Å². The van der Waals surface area contributed by atoms with Crippen LogP contribution in [0.15, 0.2) is 18.5 Å². The summed E-state index contributed by atoms with van der Waals surface area (Å²) in [5.41, 5.74) is 2.57. The molecule has 4 nitrogen and oxygen atoms in total. The molecule has 0 aliphatic carbocycles. The molecule has 1 aromatic heterocycles. The van der Waals surface area contributed by atoms with Gasteiger partial charge in [0, 0.05) is 42.8 Å². The molecule has 1 fully saturated rings. The number of aromatic nitrogens is 1. The van der Waals surface area contributed by atoms with Crippen LogP contribution in [0.1, 0.15) is 25.8 Å². The van der Waals surface area contributed by atoms with Crippen LogP contribution in [0.3, 0.4) is 0 Å². The van der Waals surface area contributed by atoms with Gasteiger partial charge in [0.15, 0.2) is 0 Å². The van der Waals surface area contributed by atoms with E-state index < -0.39 is 0 Å². The quantitative estimate of drug-likeness (QED) is 0.808. The van der Waals surface area contributed by atoms with Crippen molar-refractivity contribution >= 4 is 5.69 Å². The second-order valence-corrected chi connectivity index (χ2v) is 4.80. The summed E-state index contributed by atoms with van der Waals surface area (Å²) in [6.45, 7) is 8.92. The number of nitrogens with zero attached hydrogens (tertiary/aromatic N) is 2. The van der Waals surface area contributed by atoms with E-state index in [9.17, 15) is 0 Å². The Morgan fingerprint density at radius 1 is 1.56 bits per heavy atom. The summed E-state index contributed by atoms with van der Waals surface area (Å²) in [6.07, 6.45) is 5.00. The van der Waals surface area contributed by atoms with Crippen molar-refractivity contribution in [3.05, 3.63) is 24.0 Å². The van der Waals surface area contributed by atoms with E-state index in [4.69, 9.17) is 4.74 Å². The van der Waals surface area contributed by atoms with E-state index in [0.717, 1.165) is 39.3 Å². The van der Waals surface area contributed by atoms with Crippen LogP contribution >= 0.6 is 0 Å². The molecule has 4 heteroatoms. The Kier molecular flexibility index (Phi) is 4.96. The zero-order valence-electron chi connectivity index (χ0n) is 11.4. The highest BCUT2D eigenvalue weighted by Crippen LogP contribution is 2.23. The molecule has 0 bridgehead atoms. The van der Waals surface area contributed by atoms with Gasteiger partial charge in [-0.15, -0.1) is 0 Å². The van der Waals surface area contributed by atoms with Crippen LogP contribution in [0, 0.1) is 0 Å². The van der Waals surface area contributed by atoms with Crippen LogP contribution in [0.25, 0.3) is 0 Å². The Balaban J connectivity index is 2.10. The van der Waals surface area contributed by atoms with Gasteiger partial charge in [-0.25, -0.2) is 0 Å². The van der Waals surface area contributed by atoms with Crippen molar-refractivity contribution < 1.29 is 4.74 Å². The van der Waals surface area contributed by atoms with Gasteiger partial charge in [0.25, 0.3) is 0 Å². The normalized spacial score (nSPS) is 20.1. The molecule has 1 atom stereocenters. The third kappa shape index (κ3) is 3.21. The van der Waals surface area contributed by atoms with E-state index in [1.165, 1.54) is 11.3 Å². The van der Waals surface area contributed by atoms with Crippen molar-refractivity contribution in [2.45, 2.75) is 32.9 Å². The number of ether oxygens (including phenoxy) is 1. The van der Waals surface area contributed by atoms with Gasteiger partial charge >= 0.3 is 0 Å². The number of anilines is 1. The molecule has 18 heavy (non-hydrogen) atoms. The van der Waals surface area contributed by atoms with E-state index in [2.05, 4.69) is 35.1 Å². The van der Waals surface area contributed by atoms with Crippen LogP contribution in [-0.2, 0) is 11.3 Å². The average molecular weight is 249 g/mol. The summed E-state index contributed by atoms with van der Waals surface area (Å²) < 4.78 is 5.50. The fourth-order valence-electron chi connectivity index (χ4n) is 2.32. The van der Waals surface area contributed by atoms with E-state index in [0.29, 0.717) is 6.04 Å². The average Bonchev–Trinajstić information content (AvgIpc) is 2.40. The fourth-order valence-corrected chi connectivity index (χ4v) is 2.32. The van der Waals surface area contributed by atoms with Crippen LogP contribution in [0.5, 0.6) is 0 Å². The van der Waals surface area contributed by atoms with Gasteiger partial charge in [-0.1, -0.05) is 6.92 Å². The van der Waals surface area contributed by atoms with Crippen molar-refractivity contribution in [3.63, 3.8) is 0 Å². The highest BCUT2D eigenvalue weighted by atomic mass is 16.5. The molecule has 1 saturated heterocycles. The first-order chi connectivity index (χ1) is 8.83. The second kappa shape index (κ2) is 6.71. The molecule has 0 spiro atoms. The molecule has 0 saturated carbocycles. The third-order valence-electron chi connectivity index (χ3n) is 3.30. The highest BCUT2D eigenvalue weighted by Gasteiger charge is 2.20. The lowest BCUT2D eigenvalue weighted by atomic mass is 10.1. The summed E-state index contributed by atoms with van der Waals surface area (Å²) >= 11 is 0. The third-order valence-corrected chi connectivity index (χ3v) is 3.30. The molecule has 0 amide bonds. The van der Waals surface area contributed by atoms with Gasteiger partial charge in [0.2, 0.25) is 0 Å². The molecule has 100 valence electrons. The summed E-state index contributed by atoms with van der Waals surface area (Å²) in [7, 11) is 0. The predicted octanol–water partition coefficient (Wildman–Crippen LogP) is 1.81. The zero-order chi connectivity index (χ0) is 12.8. The van der Waals surface area contributed by atoms with Crippen LogP contribution in [0.2, 0.25) is 0 Å². The number of pyridine rings is 1. The molecule has 1 aliphatic heterocycles. The minimum atomic E-state index is 0.436. The largest absolute Gasteiger partial charge is 0.377 e. The molecule has 2 rings (SSSR count). The molecule has 2 heterocycles. The Morgan fingerprint density at radius 3 is 3.22 bits per heavy atom. The van der Waals surface area contributed by atoms with E-state index in [-0.39, 0.29) is 0 Å². The van der Waals surface area contributed by atoms with Crippen LogP contribution in [-0.4, -0.2) is 37.3 Å². The maximum absolute atomic E-state index is 5.50. The Labute approximate surface area is 109 Å². The zero-order valence-corrected chi connectivity index (χ0v) is 11.4. The monoisotopic (exact) mass is 249 g/mol. The topological polar surface area (TPSA) is 37.4 Å². The van der Waals surface area contributed by atoms with Crippen LogP contribution in [0.4, 0.5) is 5.69 Å². The number of morpholine rings is 1. The standard InChI is InChI=1S/C14H23N3O/c1-3-5-15-9-13-10-16-6-4-14(13)17-7-8-18-11-12(17)2/h4,6,10,12,15H,3,5,7-9,11H2,1-2H3. The number of hydrogen-bond acceptors (Lipinski definition) is 4. The first-order valence-corrected chi connectivity index (χ1v) is 6.81. The number of hydrogen-bond donors (Lipinski definition) is 1. The number of rotatable bonds is 5. The maximum atomic E-state index is 5.50. The van der Waals surface area contributed by atoms with E-state index in [1.807, 2.05) is 12.4 Å². The summed E-state index contributed by atoms with van der Waals surface area (Å²) in [6, 6.07) is 2.55. The molecule has 0 radical (unpaired) electrons. The molecule has 1 aromatic rings. The van der Waals surface area contributed by atoms with Gasteiger partial charge in [-0.2, -0.15) is 0 Å². The smallest absolute Gasteiger partial charge is 0.0668 e. The van der Waals surface area contributed by atoms with Gasteiger partial charge in [-0.3, -0.25) is 4.98 Å². The lowest BCUT2D eigenvalue weighted by Gasteiger charge is -2.36. The summed E-state index contributed by atoms with van der Waals surface area (Å²) in [5, 5.41) is 3.45. The minimum Gasteiger partial charge on any atom is -0.377 e. The summed E-state index contributed by atoms with van der Waals surface area (Å²) in [4.78, 5) is 6.67. The SMILES string of the molecule is CCCNCc1cnccc1N1CCOCC1C. The van der Waals surface area contributed by atoms with Crippen molar-refractivity contribution in [2.24, 2.45) is 0 Å².